The van der Waals surface area contributed by atoms with E-state index in [-0.39, 0.29) is 6.04 Å². The van der Waals surface area contributed by atoms with E-state index in [1.54, 1.807) is 12.1 Å². The number of aryl methyl sites for hydroxylation is 2. The van der Waals surface area contributed by atoms with E-state index in [4.69, 9.17) is 33.4 Å². The molecule has 0 amide bonds. The Labute approximate surface area is 122 Å². The molecule has 0 bridgehead atoms. The van der Waals surface area contributed by atoms with E-state index in [9.17, 15) is 0 Å². The molecular formula is C14H16Cl2N2O. The van der Waals surface area contributed by atoms with E-state index >= 15 is 0 Å². The van der Waals surface area contributed by atoms with Gasteiger partial charge in [0.25, 0.3) is 0 Å². The van der Waals surface area contributed by atoms with Crippen molar-refractivity contribution in [3.63, 3.8) is 0 Å². The van der Waals surface area contributed by atoms with Gasteiger partial charge in [0.05, 0.1) is 27.5 Å². The van der Waals surface area contributed by atoms with Crippen molar-refractivity contribution in [1.29, 1.82) is 0 Å². The zero-order chi connectivity index (χ0) is 14.2. The molecular weight excluding hydrogens is 283 g/mol. The van der Waals surface area contributed by atoms with E-state index in [0.29, 0.717) is 15.7 Å². The van der Waals surface area contributed by atoms with Crippen molar-refractivity contribution in [2.24, 2.45) is 0 Å². The summed E-state index contributed by atoms with van der Waals surface area (Å²) in [4.78, 5) is 0. The molecule has 0 aliphatic rings. The topological polar surface area (TPSA) is 51.2 Å². The molecule has 0 saturated carbocycles. The summed E-state index contributed by atoms with van der Waals surface area (Å²) in [5.41, 5.74) is 8.36. The average Bonchev–Trinajstić information content (AvgIpc) is 2.65. The van der Waals surface area contributed by atoms with Gasteiger partial charge in [-0.25, -0.2) is 0 Å². The van der Waals surface area contributed by atoms with Gasteiger partial charge in [-0.2, -0.15) is 0 Å². The van der Waals surface area contributed by atoms with Crippen LogP contribution in [0.25, 0.3) is 0 Å². The van der Waals surface area contributed by atoms with Crippen LogP contribution in [0.1, 0.15) is 30.0 Å². The smallest absolute Gasteiger partial charge is 0.106 e. The molecule has 19 heavy (non-hydrogen) atoms. The zero-order valence-corrected chi connectivity index (χ0v) is 12.6. The van der Waals surface area contributed by atoms with Crippen molar-refractivity contribution in [3.05, 3.63) is 45.3 Å². The second-order valence-electron chi connectivity index (χ2n) is 4.59. The third-order valence-electron chi connectivity index (χ3n) is 3.01. The maximum Gasteiger partial charge on any atom is 0.106 e. The number of anilines is 2. The summed E-state index contributed by atoms with van der Waals surface area (Å²) in [6.45, 7) is 5.91. The predicted octanol–water partition coefficient (Wildman–Crippen LogP) is 4.96. The Kier molecular flexibility index (Phi) is 3.97. The molecule has 5 heteroatoms. The third kappa shape index (κ3) is 2.99. The molecule has 2 aromatic rings. The average molecular weight is 299 g/mol. The van der Waals surface area contributed by atoms with Crippen LogP contribution in [0.15, 0.2) is 22.6 Å². The highest BCUT2D eigenvalue weighted by atomic mass is 35.5. The van der Waals surface area contributed by atoms with Crippen LogP contribution in [-0.2, 0) is 0 Å². The molecule has 0 fully saturated rings. The fraction of sp³-hybridized carbons (Fsp3) is 0.286. The molecule has 0 aliphatic carbocycles. The van der Waals surface area contributed by atoms with Crippen LogP contribution >= 0.6 is 23.2 Å². The lowest BCUT2D eigenvalue weighted by molar-refractivity contribution is 0.500. The largest absolute Gasteiger partial charge is 0.466 e. The maximum absolute atomic E-state index is 6.00. The minimum Gasteiger partial charge on any atom is -0.466 e. The summed E-state index contributed by atoms with van der Waals surface area (Å²) in [5, 5.41) is 4.25. The number of rotatable bonds is 3. The first kappa shape index (κ1) is 14.1. The van der Waals surface area contributed by atoms with Gasteiger partial charge in [0.1, 0.15) is 11.5 Å². The standard InChI is InChI=1S/C14H16Cl2N2O/c1-7-4-10(9(3)19-7)8(2)18-14-6-12(16)11(15)5-13(14)17/h4-6,8,18H,17H2,1-3H3. The van der Waals surface area contributed by atoms with Crippen LogP contribution in [0.4, 0.5) is 11.4 Å². The number of halogens is 2. The van der Waals surface area contributed by atoms with Crippen molar-refractivity contribution < 1.29 is 4.42 Å². The molecule has 1 aromatic carbocycles. The van der Waals surface area contributed by atoms with Gasteiger partial charge in [-0.1, -0.05) is 23.2 Å². The number of nitrogen functional groups attached to an aromatic ring is 1. The second kappa shape index (κ2) is 5.35. The van der Waals surface area contributed by atoms with E-state index in [1.165, 1.54) is 0 Å². The summed E-state index contributed by atoms with van der Waals surface area (Å²) in [6.07, 6.45) is 0. The fourth-order valence-corrected chi connectivity index (χ4v) is 2.41. The molecule has 3 nitrogen and oxygen atoms in total. The van der Waals surface area contributed by atoms with Crippen molar-refractivity contribution in [2.75, 3.05) is 11.1 Å². The molecule has 0 saturated heterocycles. The van der Waals surface area contributed by atoms with Crippen LogP contribution in [0, 0.1) is 13.8 Å². The minimum absolute atomic E-state index is 0.0667. The first-order valence-corrected chi connectivity index (χ1v) is 6.72. The molecule has 1 heterocycles. The van der Waals surface area contributed by atoms with E-state index in [1.807, 2.05) is 26.8 Å². The van der Waals surface area contributed by atoms with Gasteiger partial charge in [-0.05, 0) is 39.0 Å². The molecule has 0 spiro atoms. The molecule has 1 aromatic heterocycles. The SMILES string of the molecule is Cc1cc(C(C)Nc2cc(Cl)c(Cl)cc2N)c(C)o1. The first-order chi connectivity index (χ1) is 8.88. The number of furan rings is 1. The molecule has 1 atom stereocenters. The van der Waals surface area contributed by atoms with Gasteiger partial charge in [-0.3, -0.25) is 0 Å². The lowest BCUT2D eigenvalue weighted by atomic mass is 10.1. The number of nitrogens with one attached hydrogen (secondary N) is 1. The quantitative estimate of drug-likeness (QED) is 0.788. The first-order valence-electron chi connectivity index (χ1n) is 5.96. The molecule has 0 radical (unpaired) electrons. The van der Waals surface area contributed by atoms with Crippen LogP contribution in [0.2, 0.25) is 10.0 Å². The summed E-state index contributed by atoms with van der Waals surface area (Å²) in [6, 6.07) is 5.46. The van der Waals surface area contributed by atoms with Crippen LogP contribution in [0.3, 0.4) is 0 Å². The lowest BCUT2D eigenvalue weighted by Gasteiger charge is -2.17. The van der Waals surface area contributed by atoms with Crippen LogP contribution < -0.4 is 11.1 Å². The Morgan fingerprint density at radius 2 is 1.79 bits per heavy atom. The molecule has 3 N–H and O–H groups in total. The third-order valence-corrected chi connectivity index (χ3v) is 3.73. The van der Waals surface area contributed by atoms with E-state index in [0.717, 1.165) is 22.8 Å². The number of hydrogen-bond acceptors (Lipinski definition) is 3. The summed E-state index contributed by atoms with van der Waals surface area (Å²) in [5.74, 6) is 1.79. The Bertz CT molecular complexity index is 608. The fourth-order valence-electron chi connectivity index (χ4n) is 2.08. The van der Waals surface area contributed by atoms with Gasteiger partial charge in [0, 0.05) is 5.56 Å². The van der Waals surface area contributed by atoms with Crippen molar-refractivity contribution in [3.8, 4) is 0 Å². The monoisotopic (exact) mass is 298 g/mol. The molecule has 2 rings (SSSR count). The Morgan fingerprint density at radius 1 is 1.16 bits per heavy atom. The highest BCUT2D eigenvalue weighted by molar-refractivity contribution is 6.42. The summed E-state index contributed by atoms with van der Waals surface area (Å²) >= 11 is 11.9. The Balaban J connectivity index is 2.26. The highest BCUT2D eigenvalue weighted by Gasteiger charge is 2.14. The molecule has 0 aliphatic heterocycles. The zero-order valence-electron chi connectivity index (χ0n) is 11.1. The van der Waals surface area contributed by atoms with E-state index in [2.05, 4.69) is 5.32 Å². The van der Waals surface area contributed by atoms with Gasteiger partial charge >= 0.3 is 0 Å². The Hall–Kier alpha value is -1.32. The predicted molar refractivity (Wildman–Crippen MR) is 81.1 cm³/mol. The minimum atomic E-state index is 0.0667. The Morgan fingerprint density at radius 3 is 2.37 bits per heavy atom. The second-order valence-corrected chi connectivity index (χ2v) is 5.40. The van der Waals surface area contributed by atoms with Crippen molar-refractivity contribution in [2.45, 2.75) is 26.8 Å². The van der Waals surface area contributed by atoms with Crippen LogP contribution in [-0.4, -0.2) is 0 Å². The van der Waals surface area contributed by atoms with Gasteiger partial charge in [-0.15, -0.1) is 0 Å². The van der Waals surface area contributed by atoms with Gasteiger partial charge < -0.3 is 15.5 Å². The normalized spacial score (nSPS) is 12.5. The number of nitrogens with two attached hydrogens (primary N) is 1. The van der Waals surface area contributed by atoms with Gasteiger partial charge in [0.2, 0.25) is 0 Å². The maximum atomic E-state index is 6.00. The summed E-state index contributed by atoms with van der Waals surface area (Å²) in [7, 11) is 0. The molecule has 102 valence electrons. The van der Waals surface area contributed by atoms with Gasteiger partial charge in [0.15, 0.2) is 0 Å². The number of hydrogen-bond donors (Lipinski definition) is 2. The highest BCUT2D eigenvalue weighted by Crippen LogP contribution is 2.33. The summed E-state index contributed by atoms with van der Waals surface area (Å²) < 4.78 is 5.53. The van der Waals surface area contributed by atoms with Crippen molar-refractivity contribution >= 4 is 34.6 Å². The van der Waals surface area contributed by atoms with E-state index < -0.39 is 0 Å². The lowest BCUT2D eigenvalue weighted by Crippen LogP contribution is -2.08. The van der Waals surface area contributed by atoms with Crippen LogP contribution in [0.5, 0.6) is 0 Å². The van der Waals surface area contributed by atoms with Crippen molar-refractivity contribution in [1.82, 2.24) is 0 Å². The molecule has 1 unspecified atom stereocenters. The number of benzene rings is 1.